The number of ether oxygens (including phenoxy) is 3. The van der Waals surface area contributed by atoms with E-state index in [1.807, 2.05) is 60.8 Å². The second-order valence-electron chi connectivity index (χ2n) is 6.57. The van der Waals surface area contributed by atoms with Crippen molar-refractivity contribution < 1.29 is 14.2 Å². The van der Waals surface area contributed by atoms with E-state index in [0.29, 0.717) is 36.3 Å². The van der Waals surface area contributed by atoms with Gasteiger partial charge in [-0.2, -0.15) is 0 Å². The van der Waals surface area contributed by atoms with Crippen LogP contribution in [-0.2, 0) is 24.6 Å². The molecule has 0 atom stereocenters. The molecule has 5 nitrogen and oxygen atoms in total. The topological polar surface area (TPSA) is 56.4 Å². The number of rotatable bonds is 8. The molecular weight excluding hydrogens is 388 g/mol. The molecule has 0 unspecified atom stereocenters. The molecule has 2 aromatic heterocycles. The third kappa shape index (κ3) is 4.53. The maximum Gasteiger partial charge on any atom is 0.166 e. The lowest BCUT2D eigenvalue weighted by molar-refractivity contribution is 0.105. The van der Waals surface area contributed by atoms with Crippen LogP contribution in [0, 0.1) is 0 Å². The third-order valence-electron chi connectivity index (χ3n) is 4.62. The first-order chi connectivity index (χ1) is 14.2. The van der Waals surface area contributed by atoms with Crippen molar-refractivity contribution in [2.75, 3.05) is 7.11 Å². The van der Waals surface area contributed by atoms with E-state index in [1.165, 1.54) is 0 Å². The van der Waals surface area contributed by atoms with Crippen molar-refractivity contribution in [1.29, 1.82) is 0 Å². The van der Waals surface area contributed by atoms with Gasteiger partial charge in [-0.25, -0.2) is 4.98 Å². The van der Waals surface area contributed by atoms with E-state index >= 15 is 0 Å². The second-order valence-corrected chi connectivity index (χ2v) is 7.01. The maximum absolute atomic E-state index is 5.97. The van der Waals surface area contributed by atoms with E-state index in [0.717, 1.165) is 27.7 Å². The number of H-pyrrole nitrogens is 1. The van der Waals surface area contributed by atoms with Crippen LogP contribution >= 0.6 is 11.6 Å². The summed E-state index contributed by atoms with van der Waals surface area (Å²) in [4.78, 5) is 7.46. The number of aromatic amines is 1. The van der Waals surface area contributed by atoms with Crippen LogP contribution in [0.4, 0.5) is 0 Å². The van der Waals surface area contributed by atoms with Crippen LogP contribution < -0.4 is 9.47 Å². The Bertz CT molecular complexity index is 1090. The molecule has 29 heavy (non-hydrogen) atoms. The zero-order chi connectivity index (χ0) is 20.1. The summed E-state index contributed by atoms with van der Waals surface area (Å²) in [6, 6.07) is 17.3. The molecule has 0 saturated heterocycles. The highest BCUT2D eigenvalue weighted by Crippen LogP contribution is 2.32. The molecule has 1 N–H and O–H groups in total. The van der Waals surface area contributed by atoms with Crippen molar-refractivity contribution in [2.45, 2.75) is 19.8 Å². The first-order valence-electron chi connectivity index (χ1n) is 9.26. The summed E-state index contributed by atoms with van der Waals surface area (Å²) < 4.78 is 17.5. The Morgan fingerprint density at radius 2 is 1.76 bits per heavy atom. The fourth-order valence-corrected chi connectivity index (χ4v) is 3.29. The lowest BCUT2D eigenvalue weighted by Crippen LogP contribution is -2.01. The number of hydrogen-bond donors (Lipinski definition) is 1. The fourth-order valence-electron chi connectivity index (χ4n) is 3.17. The third-order valence-corrected chi connectivity index (χ3v) is 4.88. The summed E-state index contributed by atoms with van der Waals surface area (Å²) in [5.41, 5.74) is 3.90. The predicted molar refractivity (Wildman–Crippen MR) is 113 cm³/mol. The van der Waals surface area contributed by atoms with Crippen LogP contribution in [0.2, 0.25) is 5.02 Å². The van der Waals surface area contributed by atoms with Crippen LogP contribution in [0.15, 0.2) is 67.0 Å². The number of nitrogens with one attached hydrogen (secondary N) is 1. The minimum absolute atomic E-state index is 0.411. The Hall–Kier alpha value is -3.02. The zero-order valence-electron chi connectivity index (χ0n) is 16.0. The van der Waals surface area contributed by atoms with Gasteiger partial charge >= 0.3 is 0 Å². The van der Waals surface area contributed by atoms with Crippen molar-refractivity contribution >= 4 is 22.6 Å². The molecule has 2 heterocycles. The Morgan fingerprint density at radius 3 is 2.59 bits per heavy atom. The second kappa shape index (κ2) is 8.99. The summed E-state index contributed by atoms with van der Waals surface area (Å²) >= 11 is 5.93. The predicted octanol–water partition coefficient (Wildman–Crippen LogP) is 5.52. The van der Waals surface area contributed by atoms with Crippen LogP contribution in [0.3, 0.4) is 0 Å². The normalized spacial score (nSPS) is 11.0. The highest BCUT2D eigenvalue weighted by Gasteiger charge is 2.12. The zero-order valence-corrected chi connectivity index (χ0v) is 16.8. The molecule has 0 aliphatic rings. The van der Waals surface area contributed by atoms with E-state index in [4.69, 9.17) is 25.8 Å². The SMILES string of the molecule is COc1c(COCc2c[nH]c3ncccc23)cccc1OCc1ccc(Cl)cc1. The molecule has 4 aromatic rings. The minimum Gasteiger partial charge on any atom is -0.492 e. The van der Waals surface area contributed by atoms with Crippen molar-refractivity contribution in [3.63, 3.8) is 0 Å². The number of nitrogens with zero attached hydrogens (tertiary/aromatic N) is 1. The van der Waals surface area contributed by atoms with Gasteiger partial charge in [0.15, 0.2) is 11.5 Å². The Balaban J connectivity index is 1.42. The van der Waals surface area contributed by atoms with Crippen molar-refractivity contribution in [3.8, 4) is 11.5 Å². The molecule has 0 aliphatic heterocycles. The lowest BCUT2D eigenvalue weighted by atomic mass is 10.2. The number of methoxy groups -OCH3 is 1. The molecule has 0 saturated carbocycles. The molecule has 0 radical (unpaired) electrons. The van der Waals surface area contributed by atoms with Crippen LogP contribution in [-0.4, -0.2) is 17.1 Å². The van der Waals surface area contributed by atoms with Gasteiger partial charge in [-0.3, -0.25) is 0 Å². The summed E-state index contributed by atoms with van der Waals surface area (Å²) in [5, 5.41) is 1.77. The van der Waals surface area contributed by atoms with Gasteiger partial charge in [-0.1, -0.05) is 35.9 Å². The van der Waals surface area contributed by atoms with Crippen molar-refractivity contribution in [1.82, 2.24) is 9.97 Å². The van der Waals surface area contributed by atoms with Crippen molar-refractivity contribution in [2.24, 2.45) is 0 Å². The van der Waals surface area contributed by atoms with Crippen LogP contribution in [0.5, 0.6) is 11.5 Å². The van der Waals surface area contributed by atoms with Gasteiger partial charge in [-0.15, -0.1) is 0 Å². The van der Waals surface area contributed by atoms with E-state index < -0.39 is 0 Å². The molecular formula is C23H21ClN2O3. The van der Waals surface area contributed by atoms with Crippen LogP contribution in [0.25, 0.3) is 11.0 Å². The fraction of sp³-hybridized carbons (Fsp3) is 0.174. The Labute approximate surface area is 174 Å². The van der Waals surface area contributed by atoms with Crippen molar-refractivity contribution in [3.05, 3.63) is 88.7 Å². The minimum atomic E-state index is 0.411. The molecule has 0 amide bonds. The number of benzene rings is 2. The molecule has 0 bridgehead atoms. The standard InChI is InChI=1S/C23H21ClN2O3/c1-27-22-17(14-28-15-18-12-26-23-20(18)5-3-11-25-23)4-2-6-21(22)29-13-16-7-9-19(24)10-8-16/h2-12H,13-15H2,1H3,(H,25,26). The van der Waals surface area contributed by atoms with Crippen LogP contribution in [0.1, 0.15) is 16.7 Å². The van der Waals surface area contributed by atoms with E-state index in [9.17, 15) is 0 Å². The van der Waals surface area contributed by atoms with Gasteiger partial charge in [0.1, 0.15) is 12.3 Å². The highest BCUT2D eigenvalue weighted by atomic mass is 35.5. The molecule has 4 rings (SSSR count). The molecule has 0 aliphatic carbocycles. The van der Waals surface area contributed by atoms with Gasteiger partial charge < -0.3 is 19.2 Å². The Kier molecular flexibility index (Phi) is 5.98. The molecule has 148 valence electrons. The summed E-state index contributed by atoms with van der Waals surface area (Å²) in [6.45, 7) is 1.32. The van der Waals surface area contributed by atoms with E-state index in [1.54, 1.807) is 13.3 Å². The summed E-state index contributed by atoms with van der Waals surface area (Å²) in [7, 11) is 1.64. The van der Waals surface area contributed by atoms with Gasteiger partial charge in [0.05, 0.1) is 20.3 Å². The number of hydrogen-bond acceptors (Lipinski definition) is 4. The quantitative estimate of drug-likeness (QED) is 0.417. The summed E-state index contributed by atoms with van der Waals surface area (Å²) in [5.74, 6) is 1.36. The number of pyridine rings is 1. The number of para-hydroxylation sites is 1. The van der Waals surface area contributed by atoms with Gasteiger partial charge in [0.25, 0.3) is 0 Å². The van der Waals surface area contributed by atoms with Gasteiger partial charge in [0.2, 0.25) is 0 Å². The average molecular weight is 409 g/mol. The number of aromatic nitrogens is 2. The average Bonchev–Trinajstić information content (AvgIpc) is 3.16. The van der Waals surface area contributed by atoms with Gasteiger partial charge in [-0.05, 0) is 35.9 Å². The first kappa shape index (κ1) is 19.3. The lowest BCUT2D eigenvalue weighted by Gasteiger charge is -2.15. The largest absolute Gasteiger partial charge is 0.492 e. The highest BCUT2D eigenvalue weighted by molar-refractivity contribution is 6.30. The monoisotopic (exact) mass is 408 g/mol. The number of fused-ring (bicyclic) bond motifs is 1. The molecule has 0 spiro atoms. The molecule has 6 heteroatoms. The number of halogens is 1. The maximum atomic E-state index is 5.97. The van der Waals surface area contributed by atoms with E-state index in [2.05, 4.69) is 9.97 Å². The van der Waals surface area contributed by atoms with E-state index in [-0.39, 0.29) is 0 Å². The first-order valence-corrected chi connectivity index (χ1v) is 9.64. The molecule has 2 aromatic carbocycles. The molecule has 0 fully saturated rings. The summed E-state index contributed by atoms with van der Waals surface area (Å²) in [6.07, 6.45) is 3.70. The smallest absolute Gasteiger partial charge is 0.166 e. The van der Waals surface area contributed by atoms with Gasteiger partial charge in [0, 0.05) is 33.9 Å². The Morgan fingerprint density at radius 1 is 0.931 bits per heavy atom.